The largest absolute Gasteiger partial charge is 0.350 e. The number of aromatic nitrogens is 2. The molecule has 3 rings (SSSR count). The molecular formula is C15H17N3O3S. The van der Waals surface area contributed by atoms with E-state index in [0.717, 1.165) is 5.56 Å². The molecule has 1 aromatic heterocycles. The zero-order valence-electron chi connectivity index (χ0n) is 12.0. The molecule has 2 N–H and O–H groups in total. The highest BCUT2D eigenvalue weighted by atomic mass is 32.2. The summed E-state index contributed by atoms with van der Waals surface area (Å²) in [5, 5.41) is 9.61. The van der Waals surface area contributed by atoms with Crippen molar-refractivity contribution in [2.24, 2.45) is 5.92 Å². The summed E-state index contributed by atoms with van der Waals surface area (Å²) in [6, 6.07) is 11.3. The number of benzene rings is 1. The van der Waals surface area contributed by atoms with Crippen molar-refractivity contribution in [1.29, 1.82) is 0 Å². The molecule has 6 nitrogen and oxygen atoms in total. The highest BCUT2D eigenvalue weighted by Crippen LogP contribution is 2.18. The van der Waals surface area contributed by atoms with Crippen LogP contribution in [-0.2, 0) is 9.84 Å². The summed E-state index contributed by atoms with van der Waals surface area (Å²) in [6.45, 7) is 0.373. The first-order valence-corrected chi connectivity index (χ1v) is 8.95. The standard InChI is InChI=1S/C15H17N3O3S/c19-15(16-9-11-6-7-22(20,21)10-11)14-8-13(17-18-14)12-4-2-1-3-5-12/h1-5,8,11H,6-7,9-10H2,(H,16,19)(H,17,18)/t11-/m1/s1. The lowest BCUT2D eigenvalue weighted by molar-refractivity contribution is 0.0943. The number of nitrogens with one attached hydrogen (secondary N) is 2. The zero-order chi connectivity index (χ0) is 15.6. The summed E-state index contributed by atoms with van der Waals surface area (Å²) in [4.78, 5) is 12.1. The molecule has 22 heavy (non-hydrogen) atoms. The van der Waals surface area contributed by atoms with Gasteiger partial charge in [-0.25, -0.2) is 8.42 Å². The van der Waals surface area contributed by atoms with Crippen molar-refractivity contribution in [2.75, 3.05) is 18.1 Å². The minimum absolute atomic E-state index is 0.00506. The SMILES string of the molecule is O=C(NC[C@H]1CCS(=O)(=O)C1)c1cc(-c2ccccc2)n[nH]1. The van der Waals surface area contributed by atoms with Crippen molar-refractivity contribution >= 4 is 15.7 Å². The molecule has 0 aliphatic carbocycles. The molecule has 0 bridgehead atoms. The second-order valence-electron chi connectivity index (χ2n) is 5.51. The van der Waals surface area contributed by atoms with Crippen molar-refractivity contribution in [1.82, 2.24) is 15.5 Å². The van der Waals surface area contributed by atoms with Crippen molar-refractivity contribution in [3.63, 3.8) is 0 Å². The third-order valence-electron chi connectivity index (χ3n) is 3.77. The van der Waals surface area contributed by atoms with Gasteiger partial charge in [0.15, 0.2) is 9.84 Å². The van der Waals surface area contributed by atoms with E-state index in [4.69, 9.17) is 0 Å². The number of nitrogens with zero attached hydrogens (tertiary/aromatic N) is 1. The van der Waals surface area contributed by atoms with Gasteiger partial charge in [0.25, 0.3) is 5.91 Å². The van der Waals surface area contributed by atoms with Gasteiger partial charge in [0, 0.05) is 12.1 Å². The number of amides is 1. The molecule has 0 radical (unpaired) electrons. The lowest BCUT2D eigenvalue weighted by Gasteiger charge is -2.08. The van der Waals surface area contributed by atoms with E-state index >= 15 is 0 Å². The molecule has 1 saturated heterocycles. The van der Waals surface area contributed by atoms with Crippen LogP contribution in [0, 0.1) is 5.92 Å². The maximum absolute atomic E-state index is 12.1. The molecule has 0 saturated carbocycles. The monoisotopic (exact) mass is 319 g/mol. The Hall–Kier alpha value is -2.15. The number of carbonyl (C=O) groups is 1. The highest BCUT2D eigenvalue weighted by Gasteiger charge is 2.28. The first-order chi connectivity index (χ1) is 10.5. The Morgan fingerprint density at radius 3 is 2.77 bits per heavy atom. The Morgan fingerprint density at radius 1 is 1.32 bits per heavy atom. The molecule has 1 fully saturated rings. The van der Waals surface area contributed by atoms with Crippen LogP contribution in [0.3, 0.4) is 0 Å². The van der Waals surface area contributed by atoms with Crippen LogP contribution < -0.4 is 5.32 Å². The Labute approximate surface area is 128 Å². The summed E-state index contributed by atoms with van der Waals surface area (Å²) in [5.41, 5.74) is 2.01. The molecule has 1 aliphatic rings. The Morgan fingerprint density at radius 2 is 2.09 bits per heavy atom. The van der Waals surface area contributed by atoms with E-state index < -0.39 is 9.84 Å². The van der Waals surface area contributed by atoms with Gasteiger partial charge in [-0.2, -0.15) is 5.10 Å². The third-order valence-corrected chi connectivity index (χ3v) is 5.61. The molecule has 1 amide bonds. The number of rotatable bonds is 4. The summed E-state index contributed by atoms with van der Waals surface area (Å²) in [7, 11) is -2.91. The Balaban J connectivity index is 1.60. The zero-order valence-corrected chi connectivity index (χ0v) is 12.8. The first-order valence-electron chi connectivity index (χ1n) is 7.13. The average molecular weight is 319 g/mol. The van der Waals surface area contributed by atoms with E-state index in [1.165, 1.54) is 0 Å². The van der Waals surface area contributed by atoms with Crippen LogP contribution >= 0.6 is 0 Å². The van der Waals surface area contributed by atoms with Gasteiger partial charge in [0.05, 0.1) is 17.2 Å². The number of sulfone groups is 1. The van der Waals surface area contributed by atoms with Crippen LogP contribution in [0.1, 0.15) is 16.9 Å². The van der Waals surface area contributed by atoms with E-state index in [1.54, 1.807) is 6.07 Å². The Bertz CT molecular complexity index is 768. The van der Waals surface area contributed by atoms with E-state index in [1.807, 2.05) is 30.3 Å². The first kappa shape index (κ1) is 14.8. The fourth-order valence-electron chi connectivity index (χ4n) is 2.56. The molecule has 2 aromatic rings. The van der Waals surface area contributed by atoms with E-state index in [-0.39, 0.29) is 23.3 Å². The number of H-pyrrole nitrogens is 1. The van der Waals surface area contributed by atoms with Gasteiger partial charge in [-0.15, -0.1) is 0 Å². The molecule has 0 unspecified atom stereocenters. The number of carbonyl (C=O) groups excluding carboxylic acids is 1. The molecular weight excluding hydrogens is 302 g/mol. The number of hydrogen-bond donors (Lipinski definition) is 2. The van der Waals surface area contributed by atoms with E-state index in [9.17, 15) is 13.2 Å². The fourth-order valence-corrected chi connectivity index (χ4v) is 4.42. The van der Waals surface area contributed by atoms with Crippen LogP contribution in [0.15, 0.2) is 36.4 Å². The van der Waals surface area contributed by atoms with Crippen LogP contribution in [-0.4, -0.2) is 42.6 Å². The van der Waals surface area contributed by atoms with Crippen molar-refractivity contribution in [2.45, 2.75) is 6.42 Å². The number of aromatic amines is 1. The molecule has 1 atom stereocenters. The van der Waals surface area contributed by atoms with Crippen molar-refractivity contribution in [3.05, 3.63) is 42.1 Å². The molecule has 1 aromatic carbocycles. The smallest absolute Gasteiger partial charge is 0.269 e. The second kappa shape index (κ2) is 5.92. The maximum atomic E-state index is 12.1. The van der Waals surface area contributed by atoms with E-state index in [2.05, 4.69) is 15.5 Å². The third kappa shape index (κ3) is 3.36. The van der Waals surface area contributed by atoms with Gasteiger partial charge in [-0.1, -0.05) is 30.3 Å². The lowest BCUT2D eigenvalue weighted by Crippen LogP contribution is -2.30. The molecule has 116 valence electrons. The van der Waals surface area contributed by atoms with Crippen LogP contribution in [0.5, 0.6) is 0 Å². The Kier molecular flexibility index (Phi) is 3.98. The van der Waals surface area contributed by atoms with Crippen molar-refractivity contribution < 1.29 is 13.2 Å². The van der Waals surface area contributed by atoms with Crippen LogP contribution in [0.4, 0.5) is 0 Å². The summed E-state index contributed by atoms with van der Waals surface area (Å²) in [6.07, 6.45) is 0.612. The lowest BCUT2D eigenvalue weighted by atomic mass is 10.1. The summed E-state index contributed by atoms with van der Waals surface area (Å²) >= 11 is 0. The van der Waals surface area contributed by atoms with Gasteiger partial charge in [-0.05, 0) is 18.4 Å². The molecule has 2 heterocycles. The molecule has 1 aliphatic heterocycles. The van der Waals surface area contributed by atoms with Crippen molar-refractivity contribution in [3.8, 4) is 11.3 Å². The number of hydrogen-bond acceptors (Lipinski definition) is 4. The minimum atomic E-state index is -2.91. The van der Waals surface area contributed by atoms with Gasteiger partial charge < -0.3 is 5.32 Å². The topological polar surface area (TPSA) is 91.9 Å². The molecule has 0 spiro atoms. The minimum Gasteiger partial charge on any atom is -0.350 e. The van der Waals surface area contributed by atoms with Gasteiger partial charge in [0.2, 0.25) is 0 Å². The van der Waals surface area contributed by atoms with E-state index in [0.29, 0.717) is 24.4 Å². The predicted octanol–water partition coefficient (Wildman–Crippen LogP) is 1.24. The average Bonchev–Trinajstić information content (AvgIpc) is 3.12. The normalized spacial score (nSPS) is 19.9. The summed E-state index contributed by atoms with van der Waals surface area (Å²) < 4.78 is 22.8. The highest BCUT2D eigenvalue weighted by molar-refractivity contribution is 7.91. The van der Waals surface area contributed by atoms with Gasteiger partial charge in [-0.3, -0.25) is 9.89 Å². The maximum Gasteiger partial charge on any atom is 0.269 e. The van der Waals surface area contributed by atoms with Gasteiger partial charge >= 0.3 is 0 Å². The van der Waals surface area contributed by atoms with Crippen LogP contribution in [0.25, 0.3) is 11.3 Å². The summed E-state index contributed by atoms with van der Waals surface area (Å²) in [5.74, 6) is 0.116. The van der Waals surface area contributed by atoms with Crippen LogP contribution in [0.2, 0.25) is 0 Å². The predicted molar refractivity (Wildman–Crippen MR) is 83.1 cm³/mol. The molecule has 7 heteroatoms. The second-order valence-corrected chi connectivity index (χ2v) is 7.74. The quantitative estimate of drug-likeness (QED) is 0.887. The fraction of sp³-hybridized carbons (Fsp3) is 0.333. The van der Waals surface area contributed by atoms with Gasteiger partial charge in [0.1, 0.15) is 5.69 Å².